The molecule has 1 aliphatic heterocycles. The van der Waals surface area contributed by atoms with E-state index in [1.807, 2.05) is 25.2 Å². The Morgan fingerprint density at radius 1 is 1.38 bits per heavy atom. The van der Waals surface area contributed by atoms with Crippen molar-refractivity contribution in [2.24, 2.45) is 4.99 Å². The number of hydrogen-bond donors (Lipinski definition) is 1. The molecule has 0 spiro atoms. The fourth-order valence-corrected chi connectivity index (χ4v) is 3.28. The highest BCUT2D eigenvalue weighted by Gasteiger charge is 2.14. The Hall–Kier alpha value is -2.28. The van der Waals surface area contributed by atoms with E-state index in [1.165, 1.54) is 0 Å². The molecule has 24 heavy (non-hydrogen) atoms. The van der Waals surface area contributed by atoms with Crippen molar-refractivity contribution in [2.45, 2.75) is 26.4 Å². The van der Waals surface area contributed by atoms with Gasteiger partial charge in [-0.25, -0.2) is 4.98 Å². The van der Waals surface area contributed by atoms with Gasteiger partial charge in [0.25, 0.3) is 0 Å². The van der Waals surface area contributed by atoms with Crippen LogP contribution >= 0.6 is 11.3 Å². The van der Waals surface area contributed by atoms with Gasteiger partial charge in [-0.15, -0.1) is 11.3 Å². The van der Waals surface area contributed by atoms with E-state index >= 15 is 0 Å². The van der Waals surface area contributed by atoms with E-state index in [0.717, 1.165) is 46.7 Å². The summed E-state index contributed by atoms with van der Waals surface area (Å²) in [5.41, 5.74) is 2.20. The van der Waals surface area contributed by atoms with Gasteiger partial charge in [-0.1, -0.05) is 13.0 Å². The lowest BCUT2D eigenvalue weighted by molar-refractivity contribution is 0.174. The highest BCUT2D eigenvalue weighted by molar-refractivity contribution is 7.09. The number of aromatic nitrogens is 1. The first kappa shape index (κ1) is 16.6. The first-order valence-electron chi connectivity index (χ1n) is 7.93. The standard InChI is InChI=1S/C17H22N4O2S/c1-4-16-20-13(10-24-16)8-19-17(18-2)21(3)9-12-5-6-14-15(7-12)23-11-22-14/h5-7,10H,4,8-9,11H2,1-3H3,(H,18,19). The van der Waals surface area contributed by atoms with Gasteiger partial charge in [-0.05, 0) is 24.1 Å². The van der Waals surface area contributed by atoms with Crippen molar-refractivity contribution < 1.29 is 9.47 Å². The summed E-state index contributed by atoms with van der Waals surface area (Å²) >= 11 is 1.70. The fourth-order valence-electron chi connectivity index (χ4n) is 2.53. The monoisotopic (exact) mass is 346 g/mol. The molecule has 0 unspecified atom stereocenters. The number of aryl methyl sites for hydroxylation is 1. The van der Waals surface area contributed by atoms with Gasteiger partial charge in [0.05, 0.1) is 17.2 Å². The van der Waals surface area contributed by atoms with Gasteiger partial charge in [-0.3, -0.25) is 4.99 Å². The largest absolute Gasteiger partial charge is 0.454 e. The molecular formula is C17H22N4O2S. The summed E-state index contributed by atoms with van der Waals surface area (Å²) in [6.45, 7) is 3.82. The molecule has 0 saturated carbocycles. The summed E-state index contributed by atoms with van der Waals surface area (Å²) in [5, 5.41) is 6.62. The highest BCUT2D eigenvalue weighted by atomic mass is 32.1. The van der Waals surface area contributed by atoms with Crippen LogP contribution in [0.4, 0.5) is 0 Å². The quantitative estimate of drug-likeness (QED) is 0.666. The lowest BCUT2D eigenvalue weighted by Gasteiger charge is -2.22. The molecule has 7 heteroatoms. The molecule has 0 fully saturated rings. The summed E-state index contributed by atoms with van der Waals surface area (Å²) in [6, 6.07) is 6.01. The van der Waals surface area contributed by atoms with Crippen LogP contribution in [0, 0.1) is 0 Å². The summed E-state index contributed by atoms with van der Waals surface area (Å²) < 4.78 is 10.8. The molecule has 0 bridgehead atoms. The number of thiazole rings is 1. The molecular weight excluding hydrogens is 324 g/mol. The van der Waals surface area contributed by atoms with E-state index in [9.17, 15) is 0 Å². The summed E-state index contributed by atoms with van der Waals surface area (Å²) in [7, 11) is 3.80. The zero-order chi connectivity index (χ0) is 16.9. The van der Waals surface area contributed by atoms with Crippen LogP contribution in [0.15, 0.2) is 28.6 Å². The van der Waals surface area contributed by atoms with E-state index < -0.39 is 0 Å². The van der Waals surface area contributed by atoms with Crippen LogP contribution in [0.2, 0.25) is 0 Å². The molecule has 1 aromatic heterocycles. The molecule has 128 valence electrons. The summed E-state index contributed by atoms with van der Waals surface area (Å²) in [6.07, 6.45) is 0.976. The third-order valence-electron chi connectivity index (χ3n) is 3.76. The SMILES string of the molecule is CCc1nc(CNC(=NC)N(C)Cc2ccc3c(c2)OCO3)cs1. The van der Waals surface area contributed by atoms with Crippen molar-refractivity contribution in [2.75, 3.05) is 20.9 Å². The predicted octanol–water partition coefficient (Wildman–Crippen LogP) is 2.64. The Morgan fingerprint density at radius 3 is 2.96 bits per heavy atom. The molecule has 3 rings (SSSR count). The zero-order valence-corrected chi connectivity index (χ0v) is 15.0. The number of guanidine groups is 1. The Morgan fingerprint density at radius 2 is 2.21 bits per heavy atom. The number of rotatable bonds is 5. The minimum atomic E-state index is 0.297. The van der Waals surface area contributed by atoms with Gasteiger partial charge in [-0.2, -0.15) is 0 Å². The van der Waals surface area contributed by atoms with E-state index in [2.05, 4.69) is 32.5 Å². The first-order chi connectivity index (χ1) is 11.7. The molecule has 1 N–H and O–H groups in total. The molecule has 1 aliphatic rings. The van der Waals surface area contributed by atoms with E-state index in [1.54, 1.807) is 18.4 Å². The van der Waals surface area contributed by atoms with Gasteiger partial charge >= 0.3 is 0 Å². The molecule has 2 aromatic rings. The smallest absolute Gasteiger partial charge is 0.231 e. The number of hydrogen-bond acceptors (Lipinski definition) is 5. The van der Waals surface area contributed by atoms with E-state index in [-0.39, 0.29) is 0 Å². The number of ether oxygens (including phenoxy) is 2. The maximum absolute atomic E-state index is 5.43. The van der Waals surface area contributed by atoms with Crippen LogP contribution in [0.1, 0.15) is 23.2 Å². The van der Waals surface area contributed by atoms with Crippen LogP contribution in [0.3, 0.4) is 0 Å². The number of benzene rings is 1. The second-order valence-electron chi connectivity index (χ2n) is 5.53. The maximum Gasteiger partial charge on any atom is 0.231 e. The van der Waals surface area contributed by atoms with Crippen LogP contribution in [-0.2, 0) is 19.5 Å². The van der Waals surface area contributed by atoms with Gasteiger partial charge < -0.3 is 19.7 Å². The topological polar surface area (TPSA) is 59.0 Å². The molecule has 0 radical (unpaired) electrons. The molecule has 2 heterocycles. The maximum atomic E-state index is 5.43. The van der Waals surface area contributed by atoms with E-state index in [4.69, 9.17) is 9.47 Å². The number of fused-ring (bicyclic) bond motifs is 1. The molecule has 6 nitrogen and oxygen atoms in total. The highest BCUT2D eigenvalue weighted by Crippen LogP contribution is 2.32. The van der Waals surface area contributed by atoms with Crippen molar-refractivity contribution in [1.82, 2.24) is 15.2 Å². The van der Waals surface area contributed by atoms with Crippen molar-refractivity contribution in [1.29, 1.82) is 0 Å². The number of aliphatic imine (C=N–C) groups is 1. The van der Waals surface area contributed by atoms with Crippen molar-refractivity contribution in [3.05, 3.63) is 39.8 Å². The average molecular weight is 346 g/mol. The van der Waals surface area contributed by atoms with Crippen LogP contribution in [0.5, 0.6) is 11.5 Å². The first-order valence-corrected chi connectivity index (χ1v) is 8.81. The Balaban J connectivity index is 1.58. The number of nitrogens with one attached hydrogen (secondary N) is 1. The fraction of sp³-hybridized carbons (Fsp3) is 0.412. The Kier molecular flexibility index (Phi) is 5.20. The lowest BCUT2D eigenvalue weighted by Crippen LogP contribution is -2.38. The van der Waals surface area contributed by atoms with Gasteiger partial charge in [0.2, 0.25) is 6.79 Å². The summed E-state index contributed by atoms with van der Waals surface area (Å²) in [4.78, 5) is 11.0. The van der Waals surface area contributed by atoms with E-state index in [0.29, 0.717) is 13.3 Å². The minimum Gasteiger partial charge on any atom is -0.454 e. The second-order valence-corrected chi connectivity index (χ2v) is 6.47. The van der Waals surface area contributed by atoms with Crippen molar-refractivity contribution in [3.8, 4) is 11.5 Å². The summed E-state index contributed by atoms with van der Waals surface area (Å²) in [5.74, 6) is 2.44. The molecule has 0 aliphatic carbocycles. The lowest BCUT2D eigenvalue weighted by atomic mass is 10.2. The number of nitrogens with zero attached hydrogens (tertiary/aromatic N) is 3. The Labute approximate surface area is 146 Å². The van der Waals surface area contributed by atoms with Crippen LogP contribution in [-0.4, -0.2) is 36.7 Å². The van der Waals surface area contributed by atoms with Gasteiger partial charge in [0.1, 0.15) is 0 Å². The molecule has 0 saturated heterocycles. The molecule has 0 amide bonds. The Bertz CT molecular complexity index is 729. The molecule has 1 aromatic carbocycles. The van der Waals surface area contributed by atoms with Crippen molar-refractivity contribution >= 4 is 17.3 Å². The van der Waals surface area contributed by atoms with Crippen molar-refractivity contribution in [3.63, 3.8) is 0 Å². The van der Waals surface area contributed by atoms with Crippen LogP contribution in [0.25, 0.3) is 0 Å². The van der Waals surface area contributed by atoms with Gasteiger partial charge in [0, 0.05) is 26.0 Å². The molecule has 0 atom stereocenters. The third-order valence-corrected chi connectivity index (χ3v) is 4.80. The van der Waals surface area contributed by atoms with Gasteiger partial charge in [0.15, 0.2) is 17.5 Å². The predicted molar refractivity (Wildman–Crippen MR) is 95.7 cm³/mol. The third kappa shape index (κ3) is 3.79. The normalized spacial score (nSPS) is 13.2. The zero-order valence-electron chi connectivity index (χ0n) is 14.2. The minimum absolute atomic E-state index is 0.297. The second kappa shape index (κ2) is 7.53. The van der Waals surface area contributed by atoms with Crippen LogP contribution < -0.4 is 14.8 Å². The average Bonchev–Trinajstić information content (AvgIpc) is 3.23.